The van der Waals surface area contributed by atoms with Crippen molar-refractivity contribution in [1.82, 2.24) is 0 Å². The van der Waals surface area contributed by atoms with Gasteiger partial charge in [0.1, 0.15) is 0 Å². The zero-order chi connectivity index (χ0) is 9.19. The molecular weight excluding hydrogens is 208 g/mol. The van der Waals surface area contributed by atoms with Crippen molar-refractivity contribution in [2.75, 3.05) is 0 Å². The molecule has 0 fully saturated rings. The Morgan fingerprint density at radius 1 is 1.58 bits per heavy atom. The lowest BCUT2D eigenvalue weighted by Crippen LogP contribution is -2.13. The van der Waals surface area contributed by atoms with Gasteiger partial charge in [-0.1, -0.05) is 0 Å². The van der Waals surface area contributed by atoms with Crippen molar-refractivity contribution in [3.8, 4) is 5.95 Å². The molecule has 0 aliphatic rings. The molecule has 0 bridgehead atoms. The normalized spacial score (nSPS) is 11.1. The molecule has 0 saturated heterocycles. The topological polar surface area (TPSA) is 73.6 Å². The molecule has 7 heteroatoms. The monoisotopic (exact) mass is 210 g/mol. The van der Waals surface area contributed by atoms with Crippen molar-refractivity contribution < 1.29 is 21.8 Å². The molecule has 1 rings (SSSR count). The molecule has 0 unspecified atom stereocenters. The standard InChI is InChI=1S/C5H3ClO5S/c6-5(7)12(8,9)11-4-2-1-3-10-4/h1-3H. The van der Waals surface area contributed by atoms with E-state index in [4.69, 9.17) is 11.6 Å². The van der Waals surface area contributed by atoms with E-state index < -0.39 is 14.7 Å². The lowest BCUT2D eigenvalue weighted by Gasteiger charge is -1.96. The number of rotatable bonds is 2. The number of carbonyl (C=O) groups is 1. The maximum atomic E-state index is 10.6. The summed E-state index contributed by atoms with van der Waals surface area (Å²) in [4.78, 5) is 10.2. The SMILES string of the molecule is O=C(Cl)S(=O)(=O)Oc1ccco1. The van der Waals surface area contributed by atoms with Crippen LogP contribution in [0.4, 0.5) is 4.79 Å². The third kappa shape index (κ3) is 1.99. The van der Waals surface area contributed by atoms with Gasteiger partial charge in [-0.2, -0.15) is 8.42 Å². The molecule has 0 N–H and O–H groups in total. The van der Waals surface area contributed by atoms with Crippen LogP contribution in [-0.2, 0) is 10.1 Å². The first kappa shape index (κ1) is 9.08. The summed E-state index contributed by atoms with van der Waals surface area (Å²) in [5, 5.41) is 0. The highest BCUT2D eigenvalue weighted by molar-refractivity contribution is 8.05. The molecule has 1 heterocycles. The van der Waals surface area contributed by atoms with Gasteiger partial charge in [0.05, 0.1) is 6.26 Å². The van der Waals surface area contributed by atoms with Gasteiger partial charge in [-0.15, -0.1) is 0 Å². The second kappa shape index (κ2) is 3.16. The maximum absolute atomic E-state index is 10.6. The van der Waals surface area contributed by atoms with Gasteiger partial charge in [0.2, 0.25) is 0 Å². The van der Waals surface area contributed by atoms with E-state index in [2.05, 4.69) is 8.60 Å². The van der Waals surface area contributed by atoms with Crippen LogP contribution in [0.2, 0.25) is 0 Å². The van der Waals surface area contributed by atoms with Crippen LogP contribution < -0.4 is 4.18 Å². The van der Waals surface area contributed by atoms with Gasteiger partial charge in [-0.05, 0) is 17.7 Å². The number of hydrogen-bond acceptors (Lipinski definition) is 5. The Morgan fingerprint density at radius 2 is 2.25 bits per heavy atom. The highest BCUT2D eigenvalue weighted by Gasteiger charge is 2.22. The molecule has 0 aliphatic heterocycles. The predicted molar refractivity (Wildman–Crippen MR) is 39.5 cm³/mol. The molecule has 0 atom stereocenters. The van der Waals surface area contributed by atoms with Gasteiger partial charge >= 0.3 is 20.6 Å². The maximum Gasteiger partial charge on any atom is 0.392 e. The molecule has 1 aromatic heterocycles. The summed E-state index contributed by atoms with van der Waals surface area (Å²) in [6.07, 6.45) is 1.20. The summed E-state index contributed by atoms with van der Waals surface area (Å²) in [5.41, 5.74) is 0. The van der Waals surface area contributed by atoms with E-state index in [0.29, 0.717) is 0 Å². The van der Waals surface area contributed by atoms with Gasteiger partial charge in [0.25, 0.3) is 0 Å². The van der Waals surface area contributed by atoms with Crippen molar-refractivity contribution in [2.45, 2.75) is 0 Å². The lowest BCUT2D eigenvalue weighted by atomic mass is 10.7. The second-order valence-electron chi connectivity index (χ2n) is 1.71. The van der Waals surface area contributed by atoms with Crippen LogP contribution in [0.25, 0.3) is 0 Å². The number of carbonyl (C=O) groups excluding carboxylic acids is 1. The van der Waals surface area contributed by atoms with E-state index in [1.54, 1.807) is 0 Å². The van der Waals surface area contributed by atoms with Gasteiger partial charge in [0.15, 0.2) is 0 Å². The molecule has 0 radical (unpaired) electrons. The molecule has 12 heavy (non-hydrogen) atoms. The first-order chi connectivity index (χ1) is 5.52. The molecule has 0 spiro atoms. The Labute approximate surface area is 73.0 Å². The summed E-state index contributed by atoms with van der Waals surface area (Å²) < 4.78 is 28.3. The van der Waals surface area contributed by atoms with Crippen LogP contribution in [0.3, 0.4) is 0 Å². The van der Waals surface area contributed by atoms with Crippen molar-refractivity contribution in [1.29, 1.82) is 0 Å². The van der Waals surface area contributed by atoms with Crippen LogP contribution in [0.15, 0.2) is 22.8 Å². The number of hydrogen-bond donors (Lipinski definition) is 0. The van der Waals surface area contributed by atoms with E-state index in [9.17, 15) is 13.2 Å². The zero-order valence-electron chi connectivity index (χ0n) is 5.56. The largest absolute Gasteiger partial charge is 0.433 e. The Morgan fingerprint density at radius 3 is 2.67 bits per heavy atom. The fourth-order valence-corrected chi connectivity index (χ4v) is 0.923. The average molecular weight is 211 g/mol. The number of furan rings is 1. The van der Waals surface area contributed by atoms with Crippen molar-refractivity contribution in [3.05, 3.63) is 18.4 Å². The Kier molecular flexibility index (Phi) is 2.39. The summed E-state index contributed by atoms with van der Waals surface area (Å²) in [5.74, 6) is -0.302. The van der Waals surface area contributed by atoms with Gasteiger partial charge in [-0.3, -0.25) is 4.79 Å². The van der Waals surface area contributed by atoms with Crippen molar-refractivity contribution in [2.24, 2.45) is 0 Å². The van der Waals surface area contributed by atoms with E-state index in [-0.39, 0.29) is 5.95 Å². The van der Waals surface area contributed by atoms with Gasteiger partial charge in [-0.25, -0.2) is 0 Å². The second-order valence-corrected chi connectivity index (χ2v) is 3.72. The molecule has 66 valence electrons. The third-order valence-electron chi connectivity index (χ3n) is 0.883. The summed E-state index contributed by atoms with van der Waals surface area (Å²) in [7, 11) is -4.39. The molecule has 0 aliphatic carbocycles. The van der Waals surface area contributed by atoms with Crippen molar-refractivity contribution in [3.63, 3.8) is 0 Å². The van der Waals surface area contributed by atoms with Crippen LogP contribution in [-0.4, -0.2) is 13.0 Å². The molecule has 5 nitrogen and oxygen atoms in total. The van der Waals surface area contributed by atoms with Crippen LogP contribution in [0, 0.1) is 0 Å². The number of halogens is 1. The minimum atomic E-state index is -4.39. The average Bonchev–Trinajstić information content (AvgIpc) is 2.38. The Bertz CT molecular complexity index is 365. The minimum Gasteiger partial charge on any atom is -0.433 e. The van der Waals surface area contributed by atoms with Gasteiger partial charge < -0.3 is 8.60 Å². The van der Waals surface area contributed by atoms with Crippen LogP contribution in [0.5, 0.6) is 5.95 Å². The van der Waals surface area contributed by atoms with Crippen molar-refractivity contribution >= 4 is 26.3 Å². The fourth-order valence-electron chi connectivity index (χ4n) is 0.452. The Hall–Kier alpha value is -1.01. The van der Waals surface area contributed by atoms with Crippen LogP contribution in [0.1, 0.15) is 0 Å². The summed E-state index contributed by atoms with van der Waals surface area (Å²) in [6, 6.07) is 2.64. The van der Waals surface area contributed by atoms with E-state index in [1.165, 1.54) is 18.4 Å². The zero-order valence-corrected chi connectivity index (χ0v) is 7.13. The quantitative estimate of drug-likeness (QED) is 0.544. The third-order valence-corrected chi connectivity index (χ3v) is 2.23. The van der Waals surface area contributed by atoms with Crippen LogP contribution >= 0.6 is 11.6 Å². The summed E-state index contributed by atoms with van der Waals surface area (Å²) in [6.45, 7) is 0. The highest BCUT2D eigenvalue weighted by Crippen LogP contribution is 2.14. The molecule has 0 saturated carbocycles. The smallest absolute Gasteiger partial charge is 0.392 e. The molecule has 1 aromatic rings. The fraction of sp³-hybridized carbons (Fsp3) is 0. The minimum absolute atomic E-state index is 0.302. The van der Waals surface area contributed by atoms with Gasteiger partial charge in [0, 0.05) is 6.07 Å². The van der Waals surface area contributed by atoms with E-state index >= 15 is 0 Å². The molecular formula is C5H3ClO5S. The summed E-state index contributed by atoms with van der Waals surface area (Å²) >= 11 is 4.69. The highest BCUT2D eigenvalue weighted by atomic mass is 35.5. The predicted octanol–water partition coefficient (Wildman–Crippen LogP) is 1.35. The first-order valence-electron chi connectivity index (χ1n) is 2.70. The van der Waals surface area contributed by atoms with E-state index in [0.717, 1.165) is 0 Å². The first-order valence-corrected chi connectivity index (χ1v) is 4.48. The molecule has 0 amide bonds. The lowest BCUT2D eigenvalue weighted by molar-refractivity contribution is 0.270. The molecule has 0 aromatic carbocycles. The van der Waals surface area contributed by atoms with E-state index in [1.807, 2.05) is 0 Å². The Balaban J connectivity index is 2.84.